The van der Waals surface area contributed by atoms with E-state index in [0.29, 0.717) is 5.02 Å². The summed E-state index contributed by atoms with van der Waals surface area (Å²) in [6, 6.07) is 7.05. The Hall–Kier alpha value is -0.290. The summed E-state index contributed by atoms with van der Waals surface area (Å²) in [5.74, 6) is 0. The highest BCUT2D eigenvalue weighted by Gasteiger charge is 2.16. The van der Waals surface area contributed by atoms with Crippen LogP contribution in [0.2, 0.25) is 5.02 Å². The molecule has 0 fully saturated rings. The maximum Gasteiger partial charge on any atom is 0.228 e. The van der Waals surface area contributed by atoms with Crippen LogP contribution in [0.1, 0.15) is 5.56 Å². The van der Waals surface area contributed by atoms with Crippen LogP contribution < -0.4 is 0 Å². The van der Waals surface area contributed by atoms with Gasteiger partial charge in [0.2, 0.25) is 10.0 Å². The molecule has 15 heavy (non-hydrogen) atoms. The molecule has 1 rings (SSSR count). The summed E-state index contributed by atoms with van der Waals surface area (Å²) in [4.78, 5) is 0. The Bertz CT molecular complexity index is 433. The highest BCUT2D eigenvalue weighted by molar-refractivity contribution is 7.90. The molecule has 0 aliphatic carbocycles. The predicted molar refractivity (Wildman–Crippen MR) is 62.6 cm³/mol. The van der Waals surface area contributed by atoms with Gasteiger partial charge in [0.05, 0.1) is 0 Å². The molecule has 0 amide bonds. The van der Waals surface area contributed by atoms with Crippen molar-refractivity contribution in [2.45, 2.75) is 6.54 Å². The number of alkyl halides is 1. The molecule has 0 saturated carbocycles. The third-order valence-electron chi connectivity index (χ3n) is 1.91. The molecule has 0 spiro atoms. The molecule has 6 heteroatoms. The molecule has 84 valence electrons. The third-order valence-corrected chi connectivity index (χ3v) is 4.32. The first-order valence-electron chi connectivity index (χ1n) is 4.20. The number of hydrogen-bond donors (Lipinski definition) is 0. The molecule has 0 unspecified atom stereocenters. The summed E-state index contributed by atoms with van der Waals surface area (Å²) in [6.07, 6.45) is 0. The van der Waals surface area contributed by atoms with Crippen LogP contribution in [0.4, 0.5) is 0 Å². The molecule has 0 bridgehead atoms. The number of hydrogen-bond acceptors (Lipinski definition) is 2. The van der Waals surface area contributed by atoms with Crippen LogP contribution in [0.15, 0.2) is 24.3 Å². The van der Waals surface area contributed by atoms with E-state index in [-0.39, 0.29) is 6.54 Å². The lowest BCUT2D eigenvalue weighted by molar-refractivity contribution is 0.471. The fourth-order valence-electron chi connectivity index (χ4n) is 1.07. The molecule has 0 heterocycles. The van der Waals surface area contributed by atoms with E-state index in [4.69, 9.17) is 23.2 Å². The first-order valence-corrected chi connectivity index (χ1v) is 6.72. The van der Waals surface area contributed by atoms with Crippen molar-refractivity contribution in [3.05, 3.63) is 34.9 Å². The molecule has 0 aromatic heterocycles. The van der Waals surface area contributed by atoms with E-state index in [1.54, 1.807) is 18.2 Å². The molecule has 0 N–H and O–H groups in total. The van der Waals surface area contributed by atoms with Crippen molar-refractivity contribution >= 4 is 33.2 Å². The topological polar surface area (TPSA) is 37.4 Å². The van der Waals surface area contributed by atoms with Crippen molar-refractivity contribution in [1.82, 2.24) is 4.31 Å². The van der Waals surface area contributed by atoms with Gasteiger partial charge < -0.3 is 0 Å². The van der Waals surface area contributed by atoms with Crippen molar-refractivity contribution in [2.75, 3.05) is 12.3 Å². The van der Waals surface area contributed by atoms with E-state index in [1.807, 2.05) is 6.07 Å². The second-order valence-corrected chi connectivity index (χ2v) is 6.20. The smallest absolute Gasteiger partial charge is 0.211 e. The SMILES string of the molecule is CN(Cc1cccc(Cl)c1)S(=O)(=O)CCl. The van der Waals surface area contributed by atoms with Crippen LogP contribution >= 0.6 is 23.2 Å². The van der Waals surface area contributed by atoms with Gasteiger partial charge in [-0.2, -0.15) is 4.31 Å². The van der Waals surface area contributed by atoms with E-state index in [0.717, 1.165) is 5.56 Å². The van der Waals surface area contributed by atoms with Gasteiger partial charge in [-0.25, -0.2) is 8.42 Å². The van der Waals surface area contributed by atoms with Crippen molar-refractivity contribution in [2.24, 2.45) is 0 Å². The second-order valence-electron chi connectivity index (χ2n) is 3.11. The van der Waals surface area contributed by atoms with Gasteiger partial charge in [-0.05, 0) is 17.7 Å². The van der Waals surface area contributed by atoms with Crippen molar-refractivity contribution in [3.8, 4) is 0 Å². The van der Waals surface area contributed by atoms with Crippen LogP contribution in [0, 0.1) is 0 Å². The highest BCUT2D eigenvalue weighted by Crippen LogP contribution is 2.13. The quantitative estimate of drug-likeness (QED) is 0.786. The number of nitrogens with zero attached hydrogens (tertiary/aromatic N) is 1. The monoisotopic (exact) mass is 267 g/mol. The molecular weight excluding hydrogens is 257 g/mol. The molecule has 0 atom stereocenters. The summed E-state index contributed by atoms with van der Waals surface area (Å²) in [6.45, 7) is 0.273. The third kappa shape index (κ3) is 3.65. The minimum absolute atomic E-state index is 0.273. The van der Waals surface area contributed by atoms with Gasteiger partial charge in [-0.1, -0.05) is 23.7 Å². The summed E-state index contributed by atoms with van der Waals surface area (Å²) in [5.41, 5.74) is 0.832. The lowest BCUT2D eigenvalue weighted by atomic mass is 10.2. The van der Waals surface area contributed by atoms with E-state index in [9.17, 15) is 8.42 Å². The van der Waals surface area contributed by atoms with Crippen LogP contribution in [-0.2, 0) is 16.6 Å². The lowest BCUT2D eigenvalue weighted by Crippen LogP contribution is -2.27. The first-order chi connectivity index (χ1) is 6.95. The Kier molecular flexibility index (Phi) is 4.40. The van der Waals surface area contributed by atoms with Gasteiger partial charge in [0, 0.05) is 18.6 Å². The number of rotatable bonds is 4. The van der Waals surface area contributed by atoms with Crippen LogP contribution in [0.25, 0.3) is 0 Å². The van der Waals surface area contributed by atoms with Crippen LogP contribution in [0.3, 0.4) is 0 Å². The Morgan fingerprint density at radius 2 is 2.07 bits per heavy atom. The zero-order valence-corrected chi connectivity index (χ0v) is 10.5. The van der Waals surface area contributed by atoms with Gasteiger partial charge in [0.1, 0.15) is 5.21 Å². The molecule has 0 aliphatic heterocycles. The summed E-state index contributed by atoms with van der Waals surface area (Å²) in [7, 11) is -1.87. The zero-order valence-electron chi connectivity index (χ0n) is 8.15. The fraction of sp³-hybridized carbons (Fsp3) is 0.333. The molecule has 0 radical (unpaired) electrons. The number of benzene rings is 1. The molecular formula is C9H11Cl2NO2S. The molecule has 3 nitrogen and oxygen atoms in total. The highest BCUT2D eigenvalue weighted by atomic mass is 35.5. The summed E-state index contributed by atoms with van der Waals surface area (Å²) >= 11 is 11.1. The van der Waals surface area contributed by atoms with Gasteiger partial charge in [0.25, 0.3) is 0 Å². The minimum atomic E-state index is -3.35. The molecule has 1 aromatic carbocycles. The van der Waals surface area contributed by atoms with Crippen molar-refractivity contribution in [1.29, 1.82) is 0 Å². The molecule has 0 saturated heterocycles. The number of sulfonamides is 1. The average molecular weight is 268 g/mol. The minimum Gasteiger partial charge on any atom is -0.211 e. The van der Waals surface area contributed by atoms with Crippen molar-refractivity contribution < 1.29 is 8.42 Å². The van der Waals surface area contributed by atoms with Gasteiger partial charge in [-0.3, -0.25) is 0 Å². The predicted octanol–water partition coefficient (Wildman–Crippen LogP) is 2.30. The van der Waals surface area contributed by atoms with E-state index in [2.05, 4.69) is 0 Å². The van der Waals surface area contributed by atoms with Crippen LogP contribution in [-0.4, -0.2) is 25.0 Å². The Morgan fingerprint density at radius 3 is 2.60 bits per heavy atom. The average Bonchev–Trinajstić information content (AvgIpc) is 2.17. The summed E-state index contributed by atoms with van der Waals surface area (Å²) < 4.78 is 23.9. The van der Waals surface area contributed by atoms with E-state index < -0.39 is 15.2 Å². The Balaban J connectivity index is 2.79. The second kappa shape index (κ2) is 5.16. The summed E-state index contributed by atoms with van der Waals surface area (Å²) in [5, 5.41) is 0.175. The van der Waals surface area contributed by atoms with Crippen molar-refractivity contribution in [3.63, 3.8) is 0 Å². The molecule has 1 aromatic rings. The molecule has 0 aliphatic rings. The fourth-order valence-corrected chi connectivity index (χ4v) is 2.30. The van der Waals surface area contributed by atoms with Gasteiger partial charge >= 0.3 is 0 Å². The lowest BCUT2D eigenvalue weighted by Gasteiger charge is -2.15. The zero-order chi connectivity index (χ0) is 11.5. The maximum atomic E-state index is 11.3. The van der Waals surface area contributed by atoms with Crippen LogP contribution in [0.5, 0.6) is 0 Å². The van der Waals surface area contributed by atoms with E-state index in [1.165, 1.54) is 11.4 Å². The van der Waals surface area contributed by atoms with E-state index >= 15 is 0 Å². The van der Waals surface area contributed by atoms with Gasteiger partial charge in [0.15, 0.2) is 0 Å². The standard InChI is InChI=1S/C9H11Cl2NO2S/c1-12(15(13,14)7-10)6-8-3-2-4-9(11)5-8/h2-5H,6-7H2,1H3. The first kappa shape index (κ1) is 12.8. The maximum absolute atomic E-state index is 11.3. The largest absolute Gasteiger partial charge is 0.228 e. The Labute approximate surface area is 99.7 Å². The normalized spacial score (nSPS) is 12.0. The Morgan fingerprint density at radius 1 is 1.40 bits per heavy atom. The van der Waals surface area contributed by atoms with Gasteiger partial charge in [-0.15, -0.1) is 11.6 Å². The number of halogens is 2.